The smallest absolute Gasteiger partial charge is 0.157 e. The van der Waals surface area contributed by atoms with Crippen LogP contribution in [0.3, 0.4) is 0 Å². The van der Waals surface area contributed by atoms with Crippen LogP contribution < -0.4 is 5.32 Å². The summed E-state index contributed by atoms with van der Waals surface area (Å²) in [6.45, 7) is 2.72. The van der Waals surface area contributed by atoms with E-state index < -0.39 is 0 Å². The number of pyridine rings is 1. The molecule has 2 N–H and O–H groups in total. The van der Waals surface area contributed by atoms with E-state index in [1.807, 2.05) is 26.4 Å². The van der Waals surface area contributed by atoms with Crippen LogP contribution >= 0.6 is 0 Å². The first-order chi connectivity index (χ1) is 8.74. The largest absolute Gasteiger partial charge is 0.378 e. The molecular weight excluding hydrogens is 228 g/mol. The lowest BCUT2D eigenvalue weighted by molar-refractivity contribution is 0.773. The van der Waals surface area contributed by atoms with Gasteiger partial charge in [0.15, 0.2) is 5.65 Å². The van der Waals surface area contributed by atoms with Crippen LogP contribution in [0.1, 0.15) is 11.3 Å². The van der Waals surface area contributed by atoms with Gasteiger partial charge in [-0.1, -0.05) is 0 Å². The SMILES string of the molecule is Cc1nn(C)c2ncc(CNc3cn[nH]c3)cc12. The Morgan fingerprint density at radius 1 is 1.39 bits per heavy atom. The van der Waals surface area contributed by atoms with E-state index in [9.17, 15) is 0 Å². The van der Waals surface area contributed by atoms with Crippen LogP contribution in [0.2, 0.25) is 0 Å². The zero-order valence-corrected chi connectivity index (χ0v) is 10.3. The molecule has 0 aliphatic carbocycles. The summed E-state index contributed by atoms with van der Waals surface area (Å²) < 4.78 is 1.80. The lowest BCUT2D eigenvalue weighted by Gasteiger charge is -2.03. The molecule has 18 heavy (non-hydrogen) atoms. The lowest BCUT2D eigenvalue weighted by Crippen LogP contribution is -1.99. The van der Waals surface area contributed by atoms with E-state index in [1.165, 1.54) is 0 Å². The first-order valence-electron chi connectivity index (χ1n) is 5.75. The molecule has 0 aliphatic rings. The summed E-state index contributed by atoms with van der Waals surface area (Å²) in [5.74, 6) is 0. The molecule has 0 spiro atoms. The number of hydrogen-bond acceptors (Lipinski definition) is 4. The molecule has 0 fully saturated rings. The highest BCUT2D eigenvalue weighted by atomic mass is 15.3. The minimum absolute atomic E-state index is 0.719. The molecule has 0 saturated carbocycles. The number of anilines is 1. The summed E-state index contributed by atoms with van der Waals surface area (Å²) in [7, 11) is 1.91. The van der Waals surface area contributed by atoms with E-state index in [2.05, 4.69) is 31.7 Å². The Balaban J connectivity index is 1.87. The van der Waals surface area contributed by atoms with Gasteiger partial charge in [0.25, 0.3) is 0 Å². The van der Waals surface area contributed by atoms with Crippen molar-refractivity contribution in [3.63, 3.8) is 0 Å². The summed E-state index contributed by atoms with van der Waals surface area (Å²) in [5.41, 5.74) is 4.02. The predicted molar refractivity (Wildman–Crippen MR) is 69.2 cm³/mol. The number of nitrogens with zero attached hydrogens (tertiary/aromatic N) is 4. The second kappa shape index (κ2) is 4.14. The Morgan fingerprint density at radius 2 is 2.28 bits per heavy atom. The van der Waals surface area contributed by atoms with Gasteiger partial charge in [-0.2, -0.15) is 10.2 Å². The van der Waals surface area contributed by atoms with Gasteiger partial charge in [-0.05, 0) is 18.6 Å². The zero-order chi connectivity index (χ0) is 12.5. The third-order valence-electron chi connectivity index (χ3n) is 2.91. The summed E-state index contributed by atoms with van der Waals surface area (Å²) in [6, 6.07) is 2.12. The van der Waals surface area contributed by atoms with E-state index in [0.29, 0.717) is 0 Å². The molecule has 0 unspecified atom stereocenters. The quantitative estimate of drug-likeness (QED) is 0.732. The van der Waals surface area contributed by atoms with Gasteiger partial charge >= 0.3 is 0 Å². The fraction of sp³-hybridized carbons (Fsp3) is 0.250. The third-order valence-corrected chi connectivity index (χ3v) is 2.91. The number of aromatic amines is 1. The molecule has 0 saturated heterocycles. The van der Waals surface area contributed by atoms with Crippen LogP contribution in [0.4, 0.5) is 5.69 Å². The maximum absolute atomic E-state index is 4.44. The van der Waals surface area contributed by atoms with Crippen molar-refractivity contribution in [2.45, 2.75) is 13.5 Å². The van der Waals surface area contributed by atoms with E-state index in [4.69, 9.17) is 0 Å². The molecule has 0 atom stereocenters. The van der Waals surface area contributed by atoms with E-state index >= 15 is 0 Å². The van der Waals surface area contributed by atoms with Gasteiger partial charge < -0.3 is 5.32 Å². The fourth-order valence-electron chi connectivity index (χ4n) is 2.00. The molecule has 92 valence electrons. The molecule has 3 aromatic rings. The van der Waals surface area contributed by atoms with Crippen LogP contribution in [0.25, 0.3) is 11.0 Å². The number of aryl methyl sites for hydroxylation is 2. The first-order valence-corrected chi connectivity index (χ1v) is 5.75. The fourth-order valence-corrected chi connectivity index (χ4v) is 2.00. The molecule has 0 aliphatic heterocycles. The van der Waals surface area contributed by atoms with Crippen molar-refractivity contribution in [3.8, 4) is 0 Å². The summed E-state index contributed by atoms with van der Waals surface area (Å²) in [4.78, 5) is 4.44. The average Bonchev–Trinajstić information content (AvgIpc) is 2.97. The Morgan fingerprint density at radius 3 is 3.06 bits per heavy atom. The molecule has 6 heteroatoms. The van der Waals surface area contributed by atoms with Crippen molar-refractivity contribution < 1.29 is 0 Å². The second-order valence-corrected chi connectivity index (χ2v) is 4.26. The molecular formula is C12H14N6. The highest BCUT2D eigenvalue weighted by molar-refractivity contribution is 5.78. The van der Waals surface area contributed by atoms with Crippen molar-refractivity contribution in [1.29, 1.82) is 0 Å². The standard InChI is InChI=1S/C12H14N6/c1-8-11-3-9(4-13-10-6-15-16-7-10)5-14-12(11)18(2)17-8/h3,5-7,13H,4H2,1-2H3,(H,15,16). The highest BCUT2D eigenvalue weighted by Crippen LogP contribution is 2.17. The Bertz CT molecular complexity index is 667. The van der Waals surface area contributed by atoms with Gasteiger partial charge in [-0.15, -0.1) is 0 Å². The Hall–Kier alpha value is -2.37. The number of rotatable bonds is 3. The Kier molecular flexibility index (Phi) is 2.47. The molecule has 6 nitrogen and oxygen atoms in total. The minimum atomic E-state index is 0.719. The van der Waals surface area contributed by atoms with Crippen molar-refractivity contribution in [2.24, 2.45) is 7.05 Å². The van der Waals surface area contributed by atoms with Crippen molar-refractivity contribution in [2.75, 3.05) is 5.32 Å². The molecule has 0 aromatic carbocycles. The minimum Gasteiger partial charge on any atom is -0.378 e. The summed E-state index contributed by atoms with van der Waals surface area (Å²) in [5, 5.41) is 15.4. The van der Waals surface area contributed by atoms with E-state index in [0.717, 1.165) is 34.5 Å². The number of H-pyrrole nitrogens is 1. The van der Waals surface area contributed by atoms with Crippen LogP contribution in [-0.4, -0.2) is 25.0 Å². The van der Waals surface area contributed by atoms with Crippen molar-refractivity contribution >= 4 is 16.7 Å². The number of hydrogen-bond donors (Lipinski definition) is 2. The number of fused-ring (bicyclic) bond motifs is 1. The van der Waals surface area contributed by atoms with Crippen molar-refractivity contribution in [3.05, 3.63) is 35.9 Å². The van der Waals surface area contributed by atoms with Crippen LogP contribution in [-0.2, 0) is 13.6 Å². The summed E-state index contributed by atoms with van der Waals surface area (Å²) in [6.07, 6.45) is 5.44. The maximum atomic E-state index is 4.44. The maximum Gasteiger partial charge on any atom is 0.157 e. The van der Waals surface area contributed by atoms with Gasteiger partial charge in [-0.3, -0.25) is 9.78 Å². The topological polar surface area (TPSA) is 71.4 Å². The van der Waals surface area contributed by atoms with Crippen LogP contribution in [0.15, 0.2) is 24.7 Å². The molecule has 3 aromatic heterocycles. The number of aromatic nitrogens is 5. The average molecular weight is 242 g/mol. The van der Waals surface area contributed by atoms with Crippen LogP contribution in [0, 0.1) is 6.92 Å². The van der Waals surface area contributed by atoms with Crippen molar-refractivity contribution in [1.82, 2.24) is 25.0 Å². The molecule has 0 radical (unpaired) electrons. The lowest BCUT2D eigenvalue weighted by atomic mass is 10.2. The highest BCUT2D eigenvalue weighted by Gasteiger charge is 2.06. The molecule has 3 rings (SSSR count). The zero-order valence-electron chi connectivity index (χ0n) is 10.3. The number of nitrogens with one attached hydrogen (secondary N) is 2. The van der Waals surface area contributed by atoms with Crippen LogP contribution in [0.5, 0.6) is 0 Å². The van der Waals surface area contributed by atoms with Gasteiger partial charge in [0, 0.05) is 31.4 Å². The monoisotopic (exact) mass is 242 g/mol. The molecule has 3 heterocycles. The van der Waals surface area contributed by atoms with E-state index in [1.54, 1.807) is 10.9 Å². The first kappa shape index (κ1) is 10.8. The predicted octanol–water partition coefficient (Wildman–Crippen LogP) is 1.61. The Labute approximate surface area is 104 Å². The second-order valence-electron chi connectivity index (χ2n) is 4.26. The molecule has 0 amide bonds. The van der Waals surface area contributed by atoms with Gasteiger partial charge in [0.1, 0.15) is 0 Å². The van der Waals surface area contributed by atoms with Gasteiger partial charge in [0.05, 0.1) is 17.6 Å². The van der Waals surface area contributed by atoms with E-state index in [-0.39, 0.29) is 0 Å². The molecule has 0 bridgehead atoms. The third kappa shape index (κ3) is 1.81. The summed E-state index contributed by atoms with van der Waals surface area (Å²) >= 11 is 0. The van der Waals surface area contributed by atoms with Gasteiger partial charge in [-0.25, -0.2) is 4.98 Å². The normalized spacial score (nSPS) is 11.0. The van der Waals surface area contributed by atoms with Gasteiger partial charge in [0.2, 0.25) is 0 Å².